The van der Waals surface area contributed by atoms with Crippen LogP contribution >= 0.6 is 0 Å². The molecule has 2 rings (SSSR count). The van der Waals surface area contributed by atoms with Gasteiger partial charge in [-0.2, -0.15) is 5.10 Å². The Balaban J connectivity index is 2.15. The molecule has 6 nitrogen and oxygen atoms in total. The number of carbonyl (C=O) groups is 1. The quantitative estimate of drug-likeness (QED) is 0.584. The molecule has 1 aromatic carbocycles. The van der Waals surface area contributed by atoms with Gasteiger partial charge in [0.05, 0.1) is 12.8 Å². The van der Waals surface area contributed by atoms with Gasteiger partial charge in [-0.25, -0.2) is 5.43 Å². The third-order valence-electron chi connectivity index (χ3n) is 2.98. The summed E-state index contributed by atoms with van der Waals surface area (Å²) in [4.78, 5) is 15.6. The van der Waals surface area contributed by atoms with Crippen molar-refractivity contribution in [2.75, 3.05) is 0 Å². The van der Waals surface area contributed by atoms with Crippen LogP contribution in [0.5, 0.6) is 5.75 Å². The largest absolute Gasteiger partial charge is 0.507 e. The van der Waals surface area contributed by atoms with Crippen molar-refractivity contribution in [2.45, 2.75) is 13.5 Å². The highest BCUT2D eigenvalue weighted by Crippen LogP contribution is 2.23. The number of pyridine rings is 1. The number of carbonyl (C=O) groups excluding carboxylic acids is 1. The van der Waals surface area contributed by atoms with Crippen molar-refractivity contribution in [1.82, 2.24) is 10.4 Å². The number of amides is 1. The Morgan fingerprint density at radius 3 is 2.71 bits per heavy atom. The maximum atomic E-state index is 11.8. The molecule has 0 bridgehead atoms. The van der Waals surface area contributed by atoms with E-state index in [1.54, 1.807) is 31.2 Å². The summed E-state index contributed by atoms with van der Waals surface area (Å²) < 4.78 is 0. The van der Waals surface area contributed by atoms with E-state index >= 15 is 0 Å². The van der Waals surface area contributed by atoms with Crippen molar-refractivity contribution in [3.63, 3.8) is 0 Å². The fraction of sp³-hybridized carbons (Fsp3) is 0.133. The number of hydrazone groups is 1. The van der Waals surface area contributed by atoms with Crippen LogP contribution in [0.4, 0.5) is 0 Å². The minimum Gasteiger partial charge on any atom is -0.507 e. The number of hydrogen-bond acceptors (Lipinski definition) is 5. The molecule has 0 atom stereocenters. The Kier molecular flexibility index (Phi) is 4.63. The van der Waals surface area contributed by atoms with Gasteiger partial charge < -0.3 is 10.2 Å². The lowest BCUT2D eigenvalue weighted by Crippen LogP contribution is -2.17. The number of nitrogens with one attached hydrogen (secondary N) is 1. The molecule has 0 spiro atoms. The summed E-state index contributed by atoms with van der Waals surface area (Å²) >= 11 is 0. The lowest BCUT2D eigenvalue weighted by molar-refractivity contribution is 0.0955. The maximum Gasteiger partial charge on any atom is 0.271 e. The van der Waals surface area contributed by atoms with Gasteiger partial charge in [0.25, 0.3) is 5.91 Å². The second kappa shape index (κ2) is 6.62. The predicted molar refractivity (Wildman–Crippen MR) is 78.1 cm³/mol. The number of aromatic nitrogens is 1. The van der Waals surface area contributed by atoms with E-state index in [1.165, 1.54) is 18.6 Å². The van der Waals surface area contributed by atoms with Crippen LogP contribution in [0.3, 0.4) is 0 Å². The first-order valence-corrected chi connectivity index (χ1v) is 6.29. The van der Waals surface area contributed by atoms with Gasteiger partial charge >= 0.3 is 0 Å². The first kappa shape index (κ1) is 14.7. The van der Waals surface area contributed by atoms with Gasteiger partial charge in [0.1, 0.15) is 5.75 Å². The Hall–Kier alpha value is -2.73. The zero-order valence-electron chi connectivity index (χ0n) is 11.4. The number of phenolic OH excluding ortho intramolecular Hbond substituents is 1. The van der Waals surface area contributed by atoms with Gasteiger partial charge in [-0.15, -0.1) is 0 Å². The summed E-state index contributed by atoms with van der Waals surface area (Å²) in [5, 5.41) is 23.0. The lowest BCUT2D eigenvalue weighted by Gasteiger charge is -2.07. The molecule has 0 saturated carbocycles. The van der Waals surface area contributed by atoms with E-state index in [0.717, 1.165) is 0 Å². The average Bonchev–Trinajstić information content (AvgIpc) is 2.52. The Bertz CT molecular complexity index is 669. The van der Waals surface area contributed by atoms with Gasteiger partial charge in [-0.1, -0.05) is 12.1 Å². The normalized spacial score (nSPS) is 10.8. The van der Waals surface area contributed by atoms with Crippen molar-refractivity contribution < 1.29 is 15.0 Å². The molecule has 0 fully saturated rings. The summed E-state index contributed by atoms with van der Waals surface area (Å²) in [6, 6.07) is 6.52. The number of rotatable bonds is 4. The predicted octanol–water partition coefficient (Wildman–Crippen LogP) is 1.35. The van der Waals surface area contributed by atoms with E-state index in [1.807, 2.05) is 0 Å². The molecule has 3 N–H and O–H groups in total. The second-order valence-corrected chi connectivity index (χ2v) is 4.40. The molecular weight excluding hydrogens is 270 g/mol. The molecule has 0 radical (unpaired) electrons. The molecule has 1 amide bonds. The number of nitrogens with zero attached hydrogens (tertiary/aromatic N) is 2. The highest BCUT2D eigenvalue weighted by atomic mass is 16.3. The number of aliphatic hydroxyl groups is 1. The Morgan fingerprint density at radius 1 is 1.33 bits per heavy atom. The van der Waals surface area contributed by atoms with Crippen LogP contribution in [0.1, 0.15) is 27.0 Å². The van der Waals surface area contributed by atoms with E-state index in [0.29, 0.717) is 22.3 Å². The molecule has 1 heterocycles. The summed E-state index contributed by atoms with van der Waals surface area (Å²) in [7, 11) is 0. The minimum absolute atomic E-state index is 0.0310. The highest BCUT2D eigenvalue weighted by molar-refractivity contribution is 5.95. The van der Waals surface area contributed by atoms with E-state index in [9.17, 15) is 15.0 Å². The SMILES string of the molecule is Cc1ccc(CO)c(/C=N/NC(=O)c2ccncc2)c1O. The van der Waals surface area contributed by atoms with Crippen LogP contribution in [0.15, 0.2) is 41.8 Å². The Labute approximate surface area is 121 Å². The molecule has 0 aliphatic heterocycles. The van der Waals surface area contributed by atoms with E-state index in [2.05, 4.69) is 15.5 Å². The van der Waals surface area contributed by atoms with Gasteiger partial charge in [0.15, 0.2) is 0 Å². The Morgan fingerprint density at radius 2 is 2.05 bits per heavy atom. The zero-order chi connectivity index (χ0) is 15.2. The molecule has 2 aromatic rings. The smallest absolute Gasteiger partial charge is 0.271 e. The molecular formula is C15H15N3O3. The van der Waals surface area contributed by atoms with E-state index < -0.39 is 0 Å². The zero-order valence-corrected chi connectivity index (χ0v) is 11.4. The number of phenols is 1. The van der Waals surface area contributed by atoms with Gasteiger partial charge in [0, 0.05) is 23.5 Å². The standard InChI is InChI=1S/C15H15N3O3/c1-10-2-3-12(9-19)13(14(10)20)8-17-18-15(21)11-4-6-16-7-5-11/h2-8,19-20H,9H2,1H3,(H,18,21)/b17-8+. The molecule has 108 valence electrons. The topological polar surface area (TPSA) is 94.8 Å². The van der Waals surface area contributed by atoms with Crippen LogP contribution in [-0.4, -0.2) is 27.3 Å². The van der Waals surface area contributed by atoms with Gasteiger partial charge in [-0.05, 0) is 30.2 Å². The van der Waals surface area contributed by atoms with Crippen molar-refractivity contribution in [3.05, 3.63) is 58.9 Å². The monoisotopic (exact) mass is 285 g/mol. The molecule has 0 unspecified atom stereocenters. The van der Waals surface area contributed by atoms with Gasteiger partial charge in [0.2, 0.25) is 0 Å². The molecule has 6 heteroatoms. The fourth-order valence-corrected chi connectivity index (χ4v) is 1.76. The summed E-state index contributed by atoms with van der Waals surface area (Å²) in [5.74, 6) is -0.352. The first-order chi connectivity index (χ1) is 10.1. The average molecular weight is 285 g/mol. The number of aromatic hydroxyl groups is 1. The highest BCUT2D eigenvalue weighted by Gasteiger charge is 2.08. The molecule has 0 saturated heterocycles. The van der Waals surface area contributed by atoms with Crippen LogP contribution in [0.25, 0.3) is 0 Å². The summed E-state index contributed by atoms with van der Waals surface area (Å²) in [5.41, 5.74) is 4.36. The fourth-order valence-electron chi connectivity index (χ4n) is 1.76. The van der Waals surface area contributed by atoms with Gasteiger partial charge in [-0.3, -0.25) is 9.78 Å². The van der Waals surface area contributed by atoms with Crippen molar-refractivity contribution >= 4 is 12.1 Å². The molecule has 1 aromatic heterocycles. The van der Waals surface area contributed by atoms with Crippen LogP contribution in [-0.2, 0) is 6.61 Å². The van der Waals surface area contributed by atoms with Crippen molar-refractivity contribution in [3.8, 4) is 5.75 Å². The lowest BCUT2D eigenvalue weighted by atomic mass is 10.0. The molecule has 0 aliphatic rings. The third-order valence-corrected chi connectivity index (χ3v) is 2.98. The maximum absolute atomic E-state index is 11.8. The minimum atomic E-state index is -0.383. The van der Waals surface area contributed by atoms with Crippen LogP contribution < -0.4 is 5.43 Å². The molecule has 0 aliphatic carbocycles. The number of aliphatic hydroxyl groups excluding tert-OH is 1. The number of hydrogen-bond donors (Lipinski definition) is 3. The number of benzene rings is 1. The van der Waals surface area contributed by atoms with Crippen LogP contribution in [0, 0.1) is 6.92 Å². The first-order valence-electron chi connectivity index (χ1n) is 6.29. The third kappa shape index (κ3) is 3.43. The summed E-state index contributed by atoms with van der Waals surface area (Å²) in [6.07, 6.45) is 4.33. The van der Waals surface area contributed by atoms with Crippen molar-refractivity contribution in [2.24, 2.45) is 5.10 Å². The van der Waals surface area contributed by atoms with E-state index in [-0.39, 0.29) is 18.3 Å². The second-order valence-electron chi connectivity index (χ2n) is 4.40. The molecule has 21 heavy (non-hydrogen) atoms. The van der Waals surface area contributed by atoms with E-state index in [4.69, 9.17) is 0 Å². The van der Waals surface area contributed by atoms with Crippen LogP contribution in [0.2, 0.25) is 0 Å². The summed E-state index contributed by atoms with van der Waals surface area (Å²) in [6.45, 7) is 1.51. The van der Waals surface area contributed by atoms with Crippen molar-refractivity contribution in [1.29, 1.82) is 0 Å². The number of aryl methyl sites for hydroxylation is 1.